The number of carbonyl (C=O) groups excluding carboxylic acids is 1. The molecule has 12 heteroatoms. The Bertz CT molecular complexity index is 1310. The molecule has 1 saturated heterocycles. The van der Waals surface area contributed by atoms with Gasteiger partial charge in [-0.2, -0.15) is 4.31 Å². The Hall–Kier alpha value is -2.99. The van der Waals surface area contributed by atoms with Gasteiger partial charge >= 0.3 is 0 Å². The van der Waals surface area contributed by atoms with E-state index in [-0.39, 0.29) is 59.5 Å². The summed E-state index contributed by atoms with van der Waals surface area (Å²) in [6, 6.07) is 5.25. The van der Waals surface area contributed by atoms with Crippen molar-refractivity contribution in [2.24, 2.45) is 0 Å². The predicted octanol–water partition coefficient (Wildman–Crippen LogP) is 4.29. The minimum Gasteiger partial charge on any atom is -0.345 e. The first-order chi connectivity index (χ1) is 15.6. The lowest BCUT2D eigenvalue weighted by molar-refractivity contribution is -0.0265. The second kappa shape index (κ2) is 8.75. The maximum Gasteiger partial charge on any atom is 0.255 e. The van der Waals surface area contributed by atoms with E-state index in [1.54, 1.807) is 0 Å². The van der Waals surface area contributed by atoms with Crippen LogP contribution in [0.25, 0.3) is 11.0 Å². The van der Waals surface area contributed by atoms with Gasteiger partial charge in [-0.15, -0.1) is 0 Å². The number of carbonyl (C=O) groups is 1. The molecule has 4 rings (SSSR count). The number of anilines is 1. The largest absolute Gasteiger partial charge is 0.345 e. The summed E-state index contributed by atoms with van der Waals surface area (Å²) in [6.07, 6.45) is 0.821. The van der Waals surface area contributed by atoms with Gasteiger partial charge in [-0.3, -0.25) is 4.79 Å². The minimum atomic E-state index is -4.26. The molecular weight excluding hydrogens is 464 g/mol. The van der Waals surface area contributed by atoms with E-state index in [2.05, 4.69) is 15.3 Å². The molecule has 2 N–H and O–H groups in total. The smallest absolute Gasteiger partial charge is 0.255 e. The summed E-state index contributed by atoms with van der Waals surface area (Å²) >= 11 is 0. The van der Waals surface area contributed by atoms with E-state index in [0.717, 1.165) is 28.6 Å². The minimum absolute atomic E-state index is 0.0287. The number of sulfonamides is 1. The first kappa shape index (κ1) is 23.2. The van der Waals surface area contributed by atoms with Crippen LogP contribution in [0, 0.1) is 11.6 Å². The highest BCUT2D eigenvalue weighted by Gasteiger charge is 2.35. The van der Waals surface area contributed by atoms with Crippen molar-refractivity contribution >= 4 is 32.7 Å². The first-order valence-corrected chi connectivity index (χ1v) is 11.6. The normalized spacial score (nSPS) is 17.5. The number of amides is 1. The van der Waals surface area contributed by atoms with Crippen molar-refractivity contribution < 1.29 is 30.8 Å². The van der Waals surface area contributed by atoms with Crippen LogP contribution >= 0.6 is 0 Å². The molecule has 176 valence electrons. The maximum absolute atomic E-state index is 13.9. The van der Waals surface area contributed by atoms with Crippen molar-refractivity contribution in [2.75, 3.05) is 18.4 Å². The highest BCUT2D eigenvalue weighted by molar-refractivity contribution is 7.89. The van der Waals surface area contributed by atoms with E-state index in [4.69, 9.17) is 0 Å². The summed E-state index contributed by atoms with van der Waals surface area (Å²) < 4.78 is 82.2. The number of benzene rings is 2. The molecule has 0 saturated carbocycles. The van der Waals surface area contributed by atoms with Crippen LogP contribution in [-0.4, -0.2) is 47.6 Å². The average Bonchev–Trinajstić information content (AvgIpc) is 3.22. The van der Waals surface area contributed by atoms with E-state index in [1.807, 2.05) is 0 Å². The molecule has 1 aromatic heterocycles. The Labute approximate surface area is 186 Å². The molecule has 1 aliphatic rings. The lowest BCUT2D eigenvalue weighted by Gasteiger charge is -2.28. The monoisotopic (exact) mass is 484 g/mol. The highest BCUT2D eigenvalue weighted by Crippen LogP contribution is 2.31. The summed E-state index contributed by atoms with van der Waals surface area (Å²) in [6.45, 7) is -0.303. The fraction of sp³-hybridized carbons (Fsp3) is 0.333. The van der Waals surface area contributed by atoms with Gasteiger partial charge in [0, 0.05) is 43.2 Å². The van der Waals surface area contributed by atoms with Crippen molar-refractivity contribution in [1.82, 2.24) is 14.3 Å². The third kappa shape index (κ3) is 4.86. The number of nitrogens with one attached hydrogen (secondary N) is 2. The second-order valence-electron chi connectivity index (χ2n) is 7.82. The van der Waals surface area contributed by atoms with Crippen LogP contribution < -0.4 is 5.32 Å². The van der Waals surface area contributed by atoms with E-state index < -0.39 is 39.9 Å². The molecule has 2 aromatic carbocycles. The quantitative estimate of drug-likeness (QED) is 0.540. The van der Waals surface area contributed by atoms with Crippen molar-refractivity contribution in [3.8, 4) is 0 Å². The number of hydrogen-bond donors (Lipinski definition) is 2. The second-order valence-corrected chi connectivity index (χ2v) is 9.73. The zero-order chi connectivity index (χ0) is 23.8. The molecular formula is C21H20F4N4O3S. The number of rotatable bonds is 4. The topological polar surface area (TPSA) is 95.2 Å². The number of aromatic nitrogens is 2. The van der Waals surface area contributed by atoms with Crippen LogP contribution in [0.3, 0.4) is 0 Å². The van der Waals surface area contributed by atoms with Gasteiger partial charge in [0.2, 0.25) is 15.9 Å². The van der Waals surface area contributed by atoms with Gasteiger partial charge in [-0.25, -0.2) is 31.0 Å². The Morgan fingerprint density at radius 3 is 2.61 bits per heavy atom. The summed E-state index contributed by atoms with van der Waals surface area (Å²) in [5.74, 6) is -5.97. The Kier molecular flexibility index (Phi) is 6.14. The molecule has 0 radical (unpaired) electrons. The third-order valence-electron chi connectivity index (χ3n) is 5.47. The van der Waals surface area contributed by atoms with Gasteiger partial charge in [0.15, 0.2) is 11.6 Å². The number of imidazole rings is 1. The zero-order valence-electron chi connectivity index (χ0n) is 17.2. The third-order valence-corrected chi connectivity index (χ3v) is 7.39. The van der Waals surface area contributed by atoms with Gasteiger partial charge < -0.3 is 10.3 Å². The average molecular weight is 484 g/mol. The number of hydrogen-bond acceptors (Lipinski definition) is 4. The van der Waals surface area contributed by atoms with Crippen molar-refractivity contribution in [1.29, 1.82) is 0 Å². The fourth-order valence-corrected chi connectivity index (χ4v) is 5.36. The highest BCUT2D eigenvalue weighted by atomic mass is 32.2. The standard InChI is InChI=1S/C21H20F4N4O3S/c22-15-4-3-14(11-16(15)23)28-20(30)13-9-17-19(27-12-26-17)18(10-13)33(31,32)29-7-2-1-5-21(24,25)6-8-29/h3-4,9-12H,1-2,5-8H2,(H,26,27)(H,28,30). The van der Waals surface area contributed by atoms with Crippen LogP contribution in [-0.2, 0) is 10.0 Å². The molecule has 0 unspecified atom stereocenters. The number of halogens is 4. The lowest BCUT2D eigenvalue weighted by atomic mass is 10.1. The van der Waals surface area contributed by atoms with Crippen molar-refractivity contribution in [3.63, 3.8) is 0 Å². The number of alkyl halides is 2. The molecule has 1 aliphatic heterocycles. The number of aromatic amines is 1. The Morgan fingerprint density at radius 1 is 1.06 bits per heavy atom. The Balaban J connectivity index is 1.69. The van der Waals surface area contributed by atoms with Gasteiger partial charge in [0.25, 0.3) is 5.91 Å². The van der Waals surface area contributed by atoms with E-state index in [1.165, 1.54) is 12.4 Å². The molecule has 7 nitrogen and oxygen atoms in total. The van der Waals surface area contributed by atoms with Gasteiger partial charge in [-0.05, 0) is 37.1 Å². The molecule has 0 spiro atoms. The summed E-state index contributed by atoms with van der Waals surface area (Å²) in [4.78, 5) is 19.2. The van der Waals surface area contributed by atoms with Gasteiger partial charge in [0.05, 0.1) is 11.8 Å². The Morgan fingerprint density at radius 2 is 1.85 bits per heavy atom. The SMILES string of the molecule is O=C(Nc1ccc(F)c(F)c1)c1cc(S(=O)(=O)N2CCCCC(F)(F)CC2)c2nc[nH]c2c1. The van der Waals surface area contributed by atoms with Crippen LogP contribution in [0.1, 0.15) is 36.0 Å². The van der Waals surface area contributed by atoms with Crippen LogP contribution in [0.4, 0.5) is 23.2 Å². The summed E-state index contributed by atoms with van der Waals surface area (Å²) in [5.41, 5.74) is 0.184. The summed E-state index contributed by atoms with van der Waals surface area (Å²) in [5, 5.41) is 2.38. The predicted molar refractivity (Wildman–Crippen MR) is 113 cm³/mol. The van der Waals surface area contributed by atoms with E-state index in [0.29, 0.717) is 0 Å². The van der Waals surface area contributed by atoms with Crippen LogP contribution in [0.15, 0.2) is 41.6 Å². The first-order valence-electron chi connectivity index (χ1n) is 10.2. The zero-order valence-corrected chi connectivity index (χ0v) is 18.1. The number of fused-ring (bicyclic) bond motifs is 1. The summed E-state index contributed by atoms with van der Waals surface area (Å²) in [7, 11) is -4.26. The van der Waals surface area contributed by atoms with Crippen LogP contribution in [0.5, 0.6) is 0 Å². The molecule has 2 heterocycles. The van der Waals surface area contributed by atoms with Crippen molar-refractivity contribution in [3.05, 3.63) is 53.9 Å². The van der Waals surface area contributed by atoms with E-state index >= 15 is 0 Å². The molecule has 33 heavy (non-hydrogen) atoms. The molecule has 1 amide bonds. The van der Waals surface area contributed by atoms with Crippen LogP contribution in [0.2, 0.25) is 0 Å². The van der Waals surface area contributed by atoms with Gasteiger partial charge in [-0.1, -0.05) is 0 Å². The fourth-order valence-electron chi connectivity index (χ4n) is 3.70. The molecule has 0 atom stereocenters. The molecule has 1 fully saturated rings. The molecule has 3 aromatic rings. The number of H-pyrrole nitrogens is 1. The maximum atomic E-state index is 13.9. The molecule has 0 bridgehead atoms. The lowest BCUT2D eigenvalue weighted by Crippen LogP contribution is -2.37. The van der Waals surface area contributed by atoms with Gasteiger partial charge in [0.1, 0.15) is 10.4 Å². The van der Waals surface area contributed by atoms with Crippen molar-refractivity contribution in [2.45, 2.75) is 36.5 Å². The molecule has 0 aliphatic carbocycles. The van der Waals surface area contributed by atoms with E-state index in [9.17, 15) is 30.8 Å². The number of nitrogens with zero attached hydrogens (tertiary/aromatic N) is 2.